The van der Waals surface area contributed by atoms with Crippen molar-refractivity contribution in [3.8, 4) is 11.1 Å². The van der Waals surface area contributed by atoms with Gasteiger partial charge in [-0.3, -0.25) is 4.98 Å². The minimum atomic E-state index is 0.570. The maximum absolute atomic E-state index is 4.34. The number of anilines is 1. The van der Waals surface area contributed by atoms with Crippen LogP contribution in [0.3, 0.4) is 0 Å². The van der Waals surface area contributed by atoms with Crippen molar-refractivity contribution < 1.29 is 0 Å². The van der Waals surface area contributed by atoms with Gasteiger partial charge in [0, 0.05) is 55.1 Å². The fourth-order valence-electron chi connectivity index (χ4n) is 3.73. The van der Waals surface area contributed by atoms with Gasteiger partial charge in [0.2, 0.25) is 0 Å². The van der Waals surface area contributed by atoms with E-state index in [1.807, 2.05) is 29.8 Å². The number of pyridine rings is 1. The zero-order valence-corrected chi connectivity index (χ0v) is 16.0. The third kappa shape index (κ3) is 3.04. The number of nitrogens with one attached hydrogen (secondary N) is 1. The van der Waals surface area contributed by atoms with Gasteiger partial charge in [-0.25, -0.2) is 0 Å². The van der Waals surface area contributed by atoms with Crippen LogP contribution in [0.15, 0.2) is 84.8 Å². The van der Waals surface area contributed by atoms with Crippen LogP contribution in [0.25, 0.3) is 31.3 Å². The van der Waals surface area contributed by atoms with E-state index in [9.17, 15) is 0 Å². The lowest BCUT2D eigenvalue weighted by Crippen LogP contribution is -2.03. The molecule has 0 fully saturated rings. The molecule has 0 saturated carbocycles. The van der Waals surface area contributed by atoms with Gasteiger partial charge >= 0.3 is 0 Å². The summed E-state index contributed by atoms with van der Waals surface area (Å²) in [6.45, 7) is 2.25. The molecule has 3 heteroatoms. The van der Waals surface area contributed by atoms with E-state index in [0.717, 1.165) is 17.7 Å². The van der Waals surface area contributed by atoms with E-state index in [1.165, 1.54) is 31.4 Å². The highest BCUT2D eigenvalue weighted by atomic mass is 32.1. The summed E-state index contributed by atoms with van der Waals surface area (Å²) in [5.74, 6) is 0.570. The van der Waals surface area contributed by atoms with Gasteiger partial charge in [0.25, 0.3) is 0 Å². The van der Waals surface area contributed by atoms with Crippen LogP contribution in [0.4, 0.5) is 5.69 Å². The molecule has 2 aromatic carbocycles. The minimum absolute atomic E-state index is 0.570. The van der Waals surface area contributed by atoms with Crippen LogP contribution in [-0.4, -0.2) is 4.98 Å². The average Bonchev–Trinajstić information content (AvgIpc) is 3.07. The second-order valence-corrected chi connectivity index (χ2v) is 8.15. The number of fused-ring (bicyclic) bond motifs is 3. The predicted molar refractivity (Wildman–Crippen MR) is 117 cm³/mol. The molecule has 0 radical (unpaired) electrons. The van der Waals surface area contributed by atoms with Gasteiger partial charge in [-0.05, 0) is 42.7 Å². The summed E-state index contributed by atoms with van der Waals surface area (Å²) in [6, 6.07) is 17.3. The van der Waals surface area contributed by atoms with Crippen molar-refractivity contribution >= 4 is 37.2 Å². The Morgan fingerprint density at radius 1 is 1.07 bits per heavy atom. The van der Waals surface area contributed by atoms with E-state index >= 15 is 0 Å². The number of aromatic nitrogens is 1. The molecule has 5 rings (SSSR count). The maximum atomic E-state index is 4.34. The highest BCUT2D eigenvalue weighted by Crippen LogP contribution is 2.42. The largest absolute Gasteiger partial charge is 0.356 e. The Kier molecular flexibility index (Phi) is 4.02. The zero-order valence-electron chi connectivity index (χ0n) is 15.1. The first kappa shape index (κ1) is 16.3. The van der Waals surface area contributed by atoms with Gasteiger partial charge in [0.1, 0.15) is 0 Å². The molecule has 2 aromatic heterocycles. The number of benzene rings is 2. The predicted octanol–water partition coefficient (Wildman–Crippen LogP) is 7.01. The third-order valence-corrected chi connectivity index (χ3v) is 6.23. The summed E-state index contributed by atoms with van der Waals surface area (Å²) in [5.41, 5.74) is 4.68. The van der Waals surface area contributed by atoms with Crippen molar-refractivity contribution in [2.45, 2.75) is 13.3 Å². The molecule has 1 aliphatic carbocycles. The van der Waals surface area contributed by atoms with E-state index in [4.69, 9.17) is 0 Å². The monoisotopic (exact) mass is 368 g/mol. The molecule has 27 heavy (non-hydrogen) atoms. The SMILES string of the molecule is CC1C=C(Nc2cc(-c3cccnc3)c3sc4ccccc4c3c2)C=CC1. The normalized spacial score (nSPS) is 16.6. The molecule has 2 nitrogen and oxygen atoms in total. The minimum Gasteiger partial charge on any atom is -0.356 e. The van der Waals surface area contributed by atoms with E-state index in [1.54, 1.807) is 0 Å². The topological polar surface area (TPSA) is 24.9 Å². The fraction of sp³-hybridized carbons (Fsp3) is 0.125. The van der Waals surface area contributed by atoms with E-state index in [0.29, 0.717) is 5.92 Å². The van der Waals surface area contributed by atoms with Gasteiger partial charge < -0.3 is 5.32 Å². The van der Waals surface area contributed by atoms with Crippen LogP contribution in [0, 0.1) is 5.92 Å². The lowest BCUT2D eigenvalue weighted by Gasteiger charge is -2.15. The zero-order chi connectivity index (χ0) is 18.2. The number of hydrogen-bond acceptors (Lipinski definition) is 3. The summed E-state index contributed by atoms with van der Waals surface area (Å²) in [4.78, 5) is 4.34. The van der Waals surface area contributed by atoms with Gasteiger partial charge in [0.15, 0.2) is 0 Å². The Morgan fingerprint density at radius 3 is 2.85 bits per heavy atom. The second-order valence-electron chi connectivity index (χ2n) is 7.10. The van der Waals surface area contributed by atoms with Gasteiger partial charge in [-0.1, -0.05) is 43.3 Å². The van der Waals surface area contributed by atoms with Crippen LogP contribution in [-0.2, 0) is 0 Å². The molecule has 1 N–H and O–H groups in total. The summed E-state index contributed by atoms with van der Waals surface area (Å²) in [7, 11) is 0. The number of allylic oxidation sites excluding steroid dienone is 3. The first-order valence-electron chi connectivity index (χ1n) is 9.29. The smallest absolute Gasteiger partial charge is 0.0435 e. The Bertz CT molecular complexity index is 1190. The van der Waals surface area contributed by atoms with E-state index in [2.05, 4.69) is 77.9 Å². The standard InChI is InChI=1S/C24H20N2S/c1-16-6-4-8-18(12-16)26-19-13-21(17-7-5-11-25-15-17)24-22(14-19)20-9-2-3-10-23(20)27-24/h2-5,7-16,26H,6H2,1H3. The molecule has 2 heterocycles. The van der Waals surface area contributed by atoms with Crippen LogP contribution in [0.5, 0.6) is 0 Å². The summed E-state index contributed by atoms with van der Waals surface area (Å²) in [5, 5.41) is 6.24. The molecule has 1 aliphatic rings. The molecule has 1 unspecified atom stereocenters. The van der Waals surface area contributed by atoms with Gasteiger partial charge in [-0.15, -0.1) is 11.3 Å². The number of nitrogens with zero attached hydrogens (tertiary/aromatic N) is 1. The molecular weight excluding hydrogens is 348 g/mol. The highest BCUT2D eigenvalue weighted by molar-refractivity contribution is 7.26. The lowest BCUT2D eigenvalue weighted by molar-refractivity contribution is 0.730. The van der Waals surface area contributed by atoms with Crippen molar-refractivity contribution in [1.82, 2.24) is 4.98 Å². The third-order valence-electron chi connectivity index (χ3n) is 5.01. The van der Waals surface area contributed by atoms with Gasteiger partial charge in [0.05, 0.1) is 0 Å². The maximum Gasteiger partial charge on any atom is 0.0435 e. The second kappa shape index (κ2) is 6.67. The lowest BCUT2D eigenvalue weighted by atomic mass is 10.0. The van der Waals surface area contributed by atoms with Crippen molar-refractivity contribution in [3.05, 3.63) is 84.8 Å². The quantitative estimate of drug-likeness (QED) is 0.421. The number of hydrogen-bond donors (Lipinski definition) is 1. The first-order chi connectivity index (χ1) is 13.3. The van der Waals surface area contributed by atoms with Crippen molar-refractivity contribution in [3.63, 3.8) is 0 Å². The Balaban J connectivity index is 1.72. The number of rotatable bonds is 3. The summed E-state index contributed by atoms with van der Waals surface area (Å²) >= 11 is 1.85. The van der Waals surface area contributed by atoms with Crippen molar-refractivity contribution in [1.29, 1.82) is 0 Å². The van der Waals surface area contributed by atoms with E-state index < -0.39 is 0 Å². The molecular formula is C24H20N2S. The van der Waals surface area contributed by atoms with Crippen molar-refractivity contribution in [2.24, 2.45) is 5.92 Å². The Hall–Kier alpha value is -2.91. The molecule has 0 spiro atoms. The summed E-state index contributed by atoms with van der Waals surface area (Å²) in [6.07, 6.45) is 11.6. The van der Waals surface area contributed by atoms with E-state index in [-0.39, 0.29) is 0 Å². The summed E-state index contributed by atoms with van der Waals surface area (Å²) < 4.78 is 2.64. The molecule has 0 aliphatic heterocycles. The molecule has 4 aromatic rings. The van der Waals surface area contributed by atoms with Crippen molar-refractivity contribution in [2.75, 3.05) is 5.32 Å². The molecule has 1 atom stereocenters. The van der Waals surface area contributed by atoms with Crippen LogP contribution < -0.4 is 5.32 Å². The molecule has 0 saturated heterocycles. The molecule has 0 amide bonds. The Morgan fingerprint density at radius 2 is 2.00 bits per heavy atom. The Labute approximate surface area is 162 Å². The first-order valence-corrected chi connectivity index (χ1v) is 10.1. The van der Waals surface area contributed by atoms with Crippen LogP contribution in [0.1, 0.15) is 13.3 Å². The molecule has 132 valence electrons. The van der Waals surface area contributed by atoms with Crippen LogP contribution >= 0.6 is 11.3 Å². The number of thiophene rings is 1. The van der Waals surface area contributed by atoms with Gasteiger partial charge in [-0.2, -0.15) is 0 Å². The van der Waals surface area contributed by atoms with Crippen LogP contribution in [0.2, 0.25) is 0 Å². The fourth-order valence-corrected chi connectivity index (χ4v) is 4.95. The molecule has 0 bridgehead atoms. The highest BCUT2D eigenvalue weighted by Gasteiger charge is 2.13. The average molecular weight is 369 g/mol.